The Kier molecular flexibility index (Phi) is 12.5. The molecule has 1 saturated heterocycles. The monoisotopic (exact) mass is 757 g/mol. The summed E-state index contributed by atoms with van der Waals surface area (Å²) in [6.07, 6.45) is 4.71. The van der Waals surface area contributed by atoms with Crippen LogP contribution in [0.25, 0.3) is 5.78 Å². The molecule has 4 amide bonds. The first-order chi connectivity index (χ1) is 25.9. The molecule has 14 heteroatoms. The van der Waals surface area contributed by atoms with Gasteiger partial charge >= 0.3 is 6.09 Å². The van der Waals surface area contributed by atoms with Gasteiger partial charge in [0.05, 0.1) is 12.6 Å². The lowest BCUT2D eigenvalue weighted by Gasteiger charge is -2.38. The van der Waals surface area contributed by atoms with Gasteiger partial charge in [-0.3, -0.25) is 23.7 Å². The maximum Gasteiger partial charge on any atom is 0.410 e. The number of para-hydroxylation sites is 1. The summed E-state index contributed by atoms with van der Waals surface area (Å²) in [5, 5.41) is 2.93. The average Bonchev–Trinajstić information content (AvgIpc) is 3.75. The number of nitrogens with one attached hydrogen (secondary N) is 1. The molecular formula is C41H52FN7O6. The standard InChI is InChI=1S/C41H52FN7O6/c1-27(46(8)39(53)55-41(5,6)7)35(50)45-34(40(2,3)4)37(52)49-25-32(54-31-13-10-9-11-14-31)23-30(49)24-47(22-19-28-15-17-29(42)18-16-28)36(51)33-26-48-21-12-20-43-38(48)44-33/h9-18,20-21,26-27,30,32,34H,19,22-25H2,1-8H3,(H,45,50)/t27-,30-,32-,34+/m0/s1. The predicted octanol–water partition coefficient (Wildman–Crippen LogP) is 5.39. The fraction of sp³-hybridized carbons (Fsp3) is 0.463. The summed E-state index contributed by atoms with van der Waals surface area (Å²) in [5.41, 5.74) is -0.484. The number of carbonyl (C=O) groups excluding carboxylic acids is 4. The van der Waals surface area contributed by atoms with Crippen molar-refractivity contribution in [2.45, 2.75) is 91.1 Å². The number of imidazole rings is 1. The van der Waals surface area contributed by atoms with Crippen LogP contribution in [0, 0.1) is 11.2 Å². The van der Waals surface area contributed by atoms with Crippen LogP contribution < -0.4 is 10.1 Å². The van der Waals surface area contributed by atoms with E-state index in [0.717, 1.165) is 5.56 Å². The maximum atomic E-state index is 14.8. The van der Waals surface area contributed by atoms with Crippen molar-refractivity contribution in [2.24, 2.45) is 5.41 Å². The van der Waals surface area contributed by atoms with E-state index >= 15 is 0 Å². The molecule has 5 rings (SSSR count). The van der Waals surface area contributed by atoms with Gasteiger partial charge in [-0.05, 0) is 75.4 Å². The van der Waals surface area contributed by atoms with Crippen LogP contribution in [0.3, 0.4) is 0 Å². The number of aromatic nitrogens is 3. The van der Waals surface area contributed by atoms with Gasteiger partial charge in [0.15, 0.2) is 0 Å². The minimum Gasteiger partial charge on any atom is -0.489 e. The first kappa shape index (κ1) is 40.7. The van der Waals surface area contributed by atoms with Gasteiger partial charge in [0.25, 0.3) is 5.91 Å². The van der Waals surface area contributed by atoms with E-state index in [9.17, 15) is 23.6 Å². The van der Waals surface area contributed by atoms with Crippen molar-refractivity contribution >= 4 is 29.6 Å². The minimum absolute atomic E-state index is 0.129. The van der Waals surface area contributed by atoms with E-state index in [0.29, 0.717) is 24.4 Å². The first-order valence-corrected chi connectivity index (χ1v) is 18.5. The van der Waals surface area contributed by atoms with E-state index in [1.54, 1.807) is 78.7 Å². The van der Waals surface area contributed by atoms with Gasteiger partial charge in [0.2, 0.25) is 17.6 Å². The van der Waals surface area contributed by atoms with Crippen molar-refractivity contribution in [3.05, 3.63) is 96.3 Å². The van der Waals surface area contributed by atoms with Crippen molar-refractivity contribution in [2.75, 3.05) is 26.7 Å². The number of hydrogen-bond acceptors (Lipinski definition) is 8. The second-order valence-electron chi connectivity index (χ2n) is 16.1. The van der Waals surface area contributed by atoms with Gasteiger partial charge in [-0.25, -0.2) is 19.2 Å². The molecule has 0 bridgehead atoms. The Morgan fingerprint density at radius 1 is 1.00 bits per heavy atom. The molecule has 3 heterocycles. The number of benzene rings is 2. The molecule has 294 valence electrons. The van der Waals surface area contributed by atoms with Crippen LogP contribution in [-0.2, 0) is 20.7 Å². The van der Waals surface area contributed by atoms with Gasteiger partial charge in [0.1, 0.15) is 41.0 Å². The molecule has 2 aromatic heterocycles. The zero-order valence-electron chi connectivity index (χ0n) is 32.9. The zero-order chi connectivity index (χ0) is 40.1. The fourth-order valence-electron chi connectivity index (χ4n) is 6.38. The molecule has 0 spiro atoms. The van der Waals surface area contributed by atoms with Crippen LogP contribution in [-0.4, -0.2) is 109 Å². The number of halogens is 1. The van der Waals surface area contributed by atoms with Crippen molar-refractivity contribution in [3.63, 3.8) is 0 Å². The molecule has 4 aromatic rings. The average molecular weight is 758 g/mol. The van der Waals surface area contributed by atoms with E-state index in [-0.39, 0.29) is 43.0 Å². The van der Waals surface area contributed by atoms with Crippen molar-refractivity contribution in [1.82, 2.24) is 34.4 Å². The lowest BCUT2D eigenvalue weighted by Crippen LogP contribution is -2.60. The summed E-state index contributed by atoms with van der Waals surface area (Å²) in [5.74, 6) is -0.571. The Balaban J connectivity index is 1.44. The molecule has 4 atom stereocenters. The highest BCUT2D eigenvalue weighted by atomic mass is 19.1. The Labute approximate surface area is 321 Å². The van der Waals surface area contributed by atoms with E-state index in [4.69, 9.17) is 9.47 Å². The first-order valence-electron chi connectivity index (χ1n) is 18.5. The highest BCUT2D eigenvalue weighted by Gasteiger charge is 2.45. The number of amides is 4. The van der Waals surface area contributed by atoms with Crippen molar-refractivity contribution < 1.29 is 33.0 Å². The van der Waals surface area contributed by atoms with Crippen LogP contribution in [0.2, 0.25) is 0 Å². The smallest absolute Gasteiger partial charge is 0.410 e. The highest BCUT2D eigenvalue weighted by Crippen LogP contribution is 2.29. The van der Waals surface area contributed by atoms with Crippen molar-refractivity contribution in [1.29, 1.82) is 0 Å². The van der Waals surface area contributed by atoms with Gasteiger partial charge in [-0.1, -0.05) is 51.1 Å². The number of hydrogen-bond donors (Lipinski definition) is 1. The molecule has 0 unspecified atom stereocenters. The lowest BCUT2D eigenvalue weighted by atomic mass is 9.85. The molecule has 1 fully saturated rings. The second-order valence-corrected chi connectivity index (χ2v) is 16.1. The van der Waals surface area contributed by atoms with Crippen LogP contribution in [0.5, 0.6) is 5.75 Å². The molecule has 55 heavy (non-hydrogen) atoms. The van der Waals surface area contributed by atoms with E-state index in [2.05, 4.69) is 15.3 Å². The number of ether oxygens (including phenoxy) is 2. The van der Waals surface area contributed by atoms with Crippen LogP contribution in [0.15, 0.2) is 79.3 Å². The molecular weight excluding hydrogens is 705 g/mol. The molecule has 0 aliphatic carbocycles. The van der Waals surface area contributed by atoms with Crippen molar-refractivity contribution in [3.8, 4) is 5.75 Å². The Hall–Kier alpha value is -5.53. The Bertz CT molecular complexity index is 1920. The van der Waals surface area contributed by atoms with E-state index < -0.39 is 47.2 Å². The summed E-state index contributed by atoms with van der Waals surface area (Å²) in [6, 6.07) is 14.7. The predicted molar refractivity (Wildman–Crippen MR) is 205 cm³/mol. The van der Waals surface area contributed by atoms with Gasteiger partial charge in [0, 0.05) is 45.1 Å². The Morgan fingerprint density at radius 3 is 2.33 bits per heavy atom. The Morgan fingerprint density at radius 2 is 1.69 bits per heavy atom. The summed E-state index contributed by atoms with van der Waals surface area (Å²) in [4.78, 5) is 68.9. The molecule has 0 saturated carbocycles. The topological polar surface area (TPSA) is 139 Å². The normalized spacial score (nSPS) is 17.0. The third-order valence-electron chi connectivity index (χ3n) is 9.50. The third-order valence-corrected chi connectivity index (χ3v) is 9.50. The summed E-state index contributed by atoms with van der Waals surface area (Å²) >= 11 is 0. The number of carbonyl (C=O) groups is 4. The largest absolute Gasteiger partial charge is 0.489 e. The SMILES string of the molecule is C[C@@H](C(=O)N[C@H](C(=O)N1C[C@@H](Oc2ccccc2)C[C@H]1CN(CCc1ccc(F)cc1)C(=O)c1cn2cccnc2n1)C(C)(C)C)N(C)C(=O)OC(C)(C)C. The minimum atomic E-state index is -1.000. The molecule has 0 radical (unpaired) electrons. The maximum absolute atomic E-state index is 14.8. The number of rotatable bonds is 12. The summed E-state index contributed by atoms with van der Waals surface area (Å²) < 4.78 is 27.2. The summed E-state index contributed by atoms with van der Waals surface area (Å²) in [7, 11) is 1.48. The number of nitrogens with zero attached hydrogens (tertiary/aromatic N) is 6. The van der Waals surface area contributed by atoms with Crippen LogP contribution in [0.1, 0.15) is 70.9 Å². The molecule has 2 aromatic carbocycles. The number of fused-ring (bicyclic) bond motifs is 1. The highest BCUT2D eigenvalue weighted by molar-refractivity contribution is 5.93. The van der Waals surface area contributed by atoms with Gasteiger partial charge < -0.3 is 24.6 Å². The number of likely N-dealkylation sites (tertiary alicyclic amines) is 1. The lowest BCUT2D eigenvalue weighted by molar-refractivity contribution is -0.141. The molecule has 1 N–H and O–H groups in total. The third kappa shape index (κ3) is 10.6. The fourth-order valence-corrected chi connectivity index (χ4v) is 6.38. The number of likely N-dealkylation sites (N-methyl/N-ethyl adjacent to an activating group) is 1. The molecule has 13 nitrogen and oxygen atoms in total. The molecule has 1 aliphatic rings. The van der Waals surface area contributed by atoms with E-state index in [1.165, 1.54) is 24.1 Å². The van der Waals surface area contributed by atoms with Crippen LogP contribution in [0.4, 0.5) is 9.18 Å². The quantitative estimate of drug-likeness (QED) is 0.203. The summed E-state index contributed by atoms with van der Waals surface area (Å²) in [6.45, 7) is 13.0. The molecule has 1 aliphatic heterocycles. The van der Waals surface area contributed by atoms with Gasteiger partial charge in [-0.2, -0.15) is 0 Å². The van der Waals surface area contributed by atoms with Crippen LogP contribution >= 0.6 is 0 Å². The van der Waals surface area contributed by atoms with E-state index in [1.807, 2.05) is 51.1 Å². The second kappa shape index (κ2) is 16.9. The van der Waals surface area contributed by atoms with Gasteiger partial charge in [-0.15, -0.1) is 0 Å². The zero-order valence-corrected chi connectivity index (χ0v) is 32.9.